The molecule has 3 rings (SSSR count). The van der Waals surface area contributed by atoms with Crippen molar-refractivity contribution in [2.45, 2.75) is 19.8 Å². The fraction of sp³-hybridized carbons (Fsp3) is 0.174. The topological polar surface area (TPSA) is 35.5 Å². The lowest BCUT2D eigenvalue weighted by atomic mass is 10.0. The van der Waals surface area contributed by atoms with Crippen LogP contribution in [0.3, 0.4) is 0 Å². The Balaban J connectivity index is 1.59. The quantitative estimate of drug-likeness (QED) is 0.347. The molecule has 0 saturated heterocycles. The van der Waals surface area contributed by atoms with Crippen LogP contribution in [0, 0.1) is 0 Å². The highest BCUT2D eigenvalue weighted by molar-refractivity contribution is 9.10. The number of rotatable bonds is 6. The van der Waals surface area contributed by atoms with Gasteiger partial charge in [-0.25, -0.2) is 4.79 Å². The first-order chi connectivity index (χ1) is 13.0. The SMILES string of the molecule is CC(C)c1ccc(OCC(=O)Oc2ccc(-c3ccccc3)cc2Br)cc1. The molecule has 0 spiro atoms. The van der Waals surface area contributed by atoms with Crippen LogP contribution in [0.2, 0.25) is 0 Å². The van der Waals surface area contributed by atoms with E-state index in [9.17, 15) is 4.79 Å². The Morgan fingerprint density at radius 2 is 1.63 bits per heavy atom. The molecule has 3 aromatic carbocycles. The summed E-state index contributed by atoms with van der Waals surface area (Å²) in [6, 6.07) is 23.4. The summed E-state index contributed by atoms with van der Waals surface area (Å²) in [6.45, 7) is 4.12. The van der Waals surface area contributed by atoms with Crippen molar-refractivity contribution in [3.05, 3.63) is 82.8 Å². The highest BCUT2D eigenvalue weighted by atomic mass is 79.9. The molecule has 0 bridgehead atoms. The van der Waals surface area contributed by atoms with Crippen molar-refractivity contribution in [1.29, 1.82) is 0 Å². The second-order valence-corrected chi connectivity index (χ2v) is 7.35. The molecule has 0 aliphatic heterocycles. The number of carbonyl (C=O) groups is 1. The summed E-state index contributed by atoms with van der Waals surface area (Å²) < 4.78 is 11.6. The van der Waals surface area contributed by atoms with Crippen molar-refractivity contribution >= 4 is 21.9 Å². The van der Waals surface area contributed by atoms with Crippen LogP contribution in [-0.4, -0.2) is 12.6 Å². The number of benzene rings is 3. The van der Waals surface area contributed by atoms with Crippen LogP contribution in [0.15, 0.2) is 77.3 Å². The lowest BCUT2D eigenvalue weighted by molar-refractivity contribution is -0.136. The number of esters is 1. The Morgan fingerprint density at radius 3 is 2.26 bits per heavy atom. The molecule has 0 saturated carbocycles. The van der Waals surface area contributed by atoms with E-state index >= 15 is 0 Å². The van der Waals surface area contributed by atoms with E-state index in [1.807, 2.05) is 66.7 Å². The van der Waals surface area contributed by atoms with Crippen molar-refractivity contribution in [2.24, 2.45) is 0 Å². The third-order valence-electron chi connectivity index (χ3n) is 4.17. The first-order valence-electron chi connectivity index (χ1n) is 8.81. The van der Waals surface area contributed by atoms with Gasteiger partial charge in [-0.1, -0.05) is 62.4 Å². The van der Waals surface area contributed by atoms with Gasteiger partial charge in [0.1, 0.15) is 11.5 Å². The number of ether oxygens (including phenoxy) is 2. The van der Waals surface area contributed by atoms with Crippen molar-refractivity contribution in [3.63, 3.8) is 0 Å². The maximum atomic E-state index is 12.1. The molecule has 0 N–H and O–H groups in total. The minimum atomic E-state index is -0.448. The van der Waals surface area contributed by atoms with Gasteiger partial charge in [0.15, 0.2) is 6.61 Å². The fourth-order valence-corrected chi connectivity index (χ4v) is 3.10. The maximum absolute atomic E-state index is 12.1. The highest BCUT2D eigenvalue weighted by Gasteiger charge is 2.11. The first kappa shape index (κ1) is 19.2. The highest BCUT2D eigenvalue weighted by Crippen LogP contribution is 2.30. The van der Waals surface area contributed by atoms with Gasteiger partial charge in [0, 0.05) is 0 Å². The number of halogens is 1. The van der Waals surface area contributed by atoms with Crippen molar-refractivity contribution in [1.82, 2.24) is 0 Å². The molecule has 4 heteroatoms. The molecule has 0 atom stereocenters. The van der Waals surface area contributed by atoms with Gasteiger partial charge in [0.05, 0.1) is 4.47 Å². The van der Waals surface area contributed by atoms with Crippen LogP contribution >= 0.6 is 15.9 Å². The Bertz CT molecular complexity index is 903. The van der Waals surface area contributed by atoms with E-state index in [4.69, 9.17) is 9.47 Å². The maximum Gasteiger partial charge on any atom is 0.349 e. The van der Waals surface area contributed by atoms with Crippen molar-refractivity contribution in [2.75, 3.05) is 6.61 Å². The zero-order chi connectivity index (χ0) is 19.2. The second-order valence-electron chi connectivity index (χ2n) is 6.50. The Morgan fingerprint density at radius 1 is 0.926 bits per heavy atom. The third kappa shape index (κ3) is 5.20. The zero-order valence-corrected chi connectivity index (χ0v) is 16.9. The van der Waals surface area contributed by atoms with E-state index in [2.05, 4.69) is 29.8 Å². The second kappa shape index (κ2) is 8.87. The predicted molar refractivity (Wildman–Crippen MR) is 111 cm³/mol. The van der Waals surface area contributed by atoms with Crippen LogP contribution in [0.4, 0.5) is 0 Å². The Kier molecular flexibility index (Phi) is 6.30. The molecule has 0 aliphatic carbocycles. The van der Waals surface area contributed by atoms with Gasteiger partial charge in [0.25, 0.3) is 0 Å². The number of carbonyl (C=O) groups excluding carboxylic acids is 1. The molecule has 0 heterocycles. The van der Waals surface area contributed by atoms with Crippen LogP contribution in [0.1, 0.15) is 25.3 Å². The number of hydrogen-bond donors (Lipinski definition) is 0. The number of hydrogen-bond acceptors (Lipinski definition) is 3. The normalized spacial score (nSPS) is 10.7. The van der Waals surface area contributed by atoms with E-state index in [-0.39, 0.29) is 6.61 Å². The van der Waals surface area contributed by atoms with E-state index in [0.717, 1.165) is 15.6 Å². The van der Waals surface area contributed by atoms with Crippen LogP contribution < -0.4 is 9.47 Å². The summed E-state index contributed by atoms with van der Waals surface area (Å²) in [6.07, 6.45) is 0. The molecule has 0 unspecified atom stereocenters. The molecule has 0 radical (unpaired) electrons. The van der Waals surface area contributed by atoms with E-state index in [0.29, 0.717) is 17.4 Å². The van der Waals surface area contributed by atoms with Gasteiger partial charge in [-0.15, -0.1) is 0 Å². The van der Waals surface area contributed by atoms with E-state index in [1.54, 1.807) is 6.07 Å². The van der Waals surface area contributed by atoms with Gasteiger partial charge in [-0.3, -0.25) is 0 Å². The average molecular weight is 425 g/mol. The summed E-state index contributed by atoms with van der Waals surface area (Å²) in [5, 5.41) is 0. The Labute approximate surface area is 168 Å². The van der Waals surface area contributed by atoms with Gasteiger partial charge < -0.3 is 9.47 Å². The smallest absolute Gasteiger partial charge is 0.349 e. The Hall–Kier alpha value is -2.59. The molecule has 138 valence electrons. The van der Waals surface area contributed by atoms with Gasteiger partial charge in [-0.2, -0.15) is 0 Å². The standard InChI is InChI=1S/C23H21BrO3/c1-16(2)17-8-11-20(12-9-17)26-15-23(25)27-22-13-10-19(14-21(22)24)18-6-4-3-5-7-18/h3-14,16H,15H2,1-2H3. The lowest BCUT2D eigenvalue weighted by Crippen LogP contribution is -2.17. The van der Waals surface area contributed by atoms with E-state index in [1.165, 1.54) is 5.56 Å². The largest absolute Gasteiger partial charge is 0.482 e. The third-order valence-corrected chi connectivity index (χ3v) is 4.79. The minimum absolute atomic E-state index is 0.145. The fourth-order valence-electron chi connectivity index (χ4n) is 2.64. The zero-order valence-electron chi connectivity index (χ0n) is 15.3. The molecule has 0 amide bonds. The monoisotopic (exact) mass is 424 g/mol. The summed E-state index contributed by atoms with van der Waals surface area (Å²) in [5.41, 5.74) is 3.38. The van der Waals surface area contributed by atoms with Gasteiger partial charge in [0.2, 0.25) is 0 Å². The molecule has 0 aliphatic rings. The van der Waals surface area contributed by atoms with Crippen molar-refractivity contribution < 1.29 is 14.3 Å². The lowest BCUT2D eigenvalue weighted by Gasteiger charge is -2.10. The molecule has 3 aromatic rings. The predicted octanol–water partition coefficient (Wildman–Crippen LogP) is 6.22. The van der Waals surface area contributed by atoms with Crippen LogP contribution in [0.5, 0.6) is 11.5 Å². The molecule has 0 aromatic heterocycles. The van der Waals surface area contributed by atoms with Crippen LogP contribution in [0.25, 0.3) is 11.1 Å². The van der Waals surface area contributed by atoms with Crippen LogP contribution in [-0.2, 0) is 4.79 Å². The van der Waals surface area contributed by atoms with Gasteiger partial charge in [-0.05, 0) is 62.8 Å². The molecule has 27 heavy (non-hydrogen) atoms. The van der Waals surface area contributed by atoms with Crippen molar-refractivity contribution in [3.8, 4) is 22.6 Å². The summed E-state index contributed by atoms with van der Waals surface area (Å²) in [4.78, 5) is 12.1. The minimum Gasteiger partial charge on any atom is -0.482 e. The summed E-state index contributed by atoms with van der Waals surface area (Å²) >= 11 is 3.47. The summed E-state index contributed by atoms with van der Waals surface area (Å²) in [5.74, 6) is 1.13. The molecular weight excluding hydrogens is 404 g/mol. The molecule has 3 nitrogen and oxygen atoms in total. The van der Waals surface area contributed by atoms with E-state index < -0.39 is 5.97 Å². The van der Waals surface area contributed by atoms with Gasteiger partial charge >= 0.3 is 5.97 Å². The molecule has 0 fully saturated rings. The molecular formula is C23H21BrO3. The summed E-state index contributed by atoms with van der Waals surface area (Å²) in [7, 11) is 0. The average Bonchev–Trinajstić information content (AvgIpc) is 2.69. The first-order valence-corrected chi connectivity index (χ1v) is 9.60.